The summed E-state index contributed by atoms with van der Waals surface area (Å²) in [6, 6.07) is 13.0. The molecule has 2 aromatic rings. The lowest BCUT2D eigenvalue weighted by molar-refractivity contribution is 0.539. The van der Waals surface area contributed by atoms with Crippen molar-refractivity contribution >= 4 is 38.9 Å². The van der Waals surface area contributed by atoms with E-state index in [0.717, 1.165) is 13.0 Å². The molecule has 0 saturated heterocycles. The second-order valence-electron chi connectivity index (χ2n) is 4.48. The topological polar surface area (TPSA) is 12.0 Å². The third-order valence-electron chi connectivity index (χ3n) is 3.29. The Kier molecular flexibility index (Phi) is 3.76. The van der Waals surface area contributed by atoms with Crippen LogP contribution in [-0.2, 0) is 13.0 Å². The van der Waals surface area contributed by atoms with Crippen molar-refractivity contribution in [3.63, 3.8) is 0 Å². The van der Waals surface area contributed by atoms with Crippen molar-refractivity contribution in [1.82, 2.24) is 5.32 Å². The normalized spacial score (nSPS) is 22.1. The molecule has 1 N–H and O–H groups in total. The molecule has 0 radical (unpaired) electrons. The molecule has 2 unspecified atom stereocenters. The second kappa shape index (κ2) is 5.33. The van der Waals surface area contributed by atoms with Crippen LogP contribution in [0, 0.1) is 0 Å². The zero-order valence-electron chi connectivity index (χ0n) is 9.70. The minimum absolute atomic E-state index is 0.158. The molecule has 1 aliphatic carbocycles. The van der Waals surface area contributed by atoms with Gasteiger partial charge in [-0.2, -0.15) is 0 Å². The van der Waals surface area contributed by atoms with Gasteiger partial charge in [0.15, 0.2) is 0 Å². The smallest absolute Gasteiger partial charge is 0.0701 e. The summed E-state index contributed by atoms with van der Waals surface area (Å²) in [6.45, 7) is 0.873. The van der Waals surface area contributed by atoms with Gasteiger partial charge in [-0.1, -0.05) is 24.3 Å². The number of hydrogen-bond acceptors (Lipinski definition) is 2. The van der Waals surface area contributed by atoms with Gasteiger partial charge in [-0.15, -0.1) is 22.9 Å². The van der Waals surface area contributed by atoms with Crippen LogP contribution in [0.3, 0.4) is 0 Å². The number of nitrogens with one attached hydrogen (secondary N) is 1. The molecule has 18 heavy (non-hydrogen) atoms. The van der Waals surface area contributed by atoms with Crippen molar-refractivity contribution in [2.45, 2.75) is 24.4 Å². The summed E-state index contributed by atoms with van der Waals surface area (Å²) in [5.41, 5.74) is 2.73. The van der Waals surface area contributed by atoms with Gasteiger partial charge in [0.1, 0.15) is 0 Å². The number of benzene rings is 1. The molecule has 1 aromatic carbocycles. The molecule has 2 atom stereocenters. The minimum Gasteiger partial charge on any atom is -0.304 e. The molecule has 3 rings (SSSR count). The highest BCUT2D eigenvalue weighted by atomic mass is 79.9. The summed E-state index contributed by atoms with van der Waals surface area (Å²) in [5.74, 6) is 0. The van der Waals surface area contributed by atoms with Crippen LogP contribution in [0.2, 0.25) is 0 Å². The number of hydrogen-bond donors (Lipinski definition) is 1. The first kappa shape index (κ1) is 12.7. The van der Waals surface area contributed by atoms with Crippen LogP contribution in [0.25, 0.3) is 0 Å². The van der Waals surface area contributed by atoms with E-state index < -0.39 is 0 Å². The van der Waals surface area contributed by atoms with E-state index in [-0.39, 0.29) is 11.4 Å². The highest BCUT2D eigenvalue weighted by Crippen LogP contribution is 2.35. The lowest BCUT2D eigenvalue weighted by Gasteiger charge is -2.16. The molecular weight excluding hydrogens is 330 g/mol. The van der Waals surface area contributed by atoms with Crippen molar-refractivity contribution in [3.8, 4) is 0 Å². The van der Waals surface area contributed by atoms with Crippen LogP contribution < -0.4 is 5.32 Å². The van der Waals surface area contributed by atoms with E-state index in [0.29, 0.717) is 0 Å². The lowest BCUT2D eigenvalue weighted by atomic mass is 10.1. The summed E-state index contributed by atoms with van der Waals surface area (Å²) < 4.78 is 1.17. The summed E-state index contributed by atoms with van der Waals surface area (Å²) >= 11 is 11.7. The Morgan fingerprint density at radius 1 is 1.28 bits per heavy atom. The van der Waals surface area contributed by atoms with Crippen LogP contribution in [0.4, 0.5) is 0 Å². The van der Waals surface area contributed by atoms with Gasteiger partial charge in [0.25, 0.3) is 0 Å². The van der Waals surface area contributed by atoms with Crippen LogP contribution in [0.5, 0.6) is 0 Å². The van der Waals surface area contributed by atoms with Crippen LogP contribution in [0.15, 0.2) is 40.2 Å². The van der Waals surface area contributed by atoms with Gasteiger partial charge in [-0.25, -0.2) is 0 Å². The zero-order valence-corrected chi connectivity index (χ0v) is 12.9. The minimum atomic E-state index is 0.158. The SMILES string of the molecule is ClC1Cc2ccccc2C1NCc1ccc(Br)s1. The van der Waals surface area contributed by atoms with Crippen molar-refractivity contribution in [2.24, 2.45) is 0 Å². The van der Waals surface area contributed by atoms with Crippen LogP contribution in [-0.4, -0.2) is 5.38 Å². The lowest BCUT2D eigenvalue weighted by Crippen LogP contribution is -2.25. The summed E-state index contributed by atoms with van der Waals surface area (Å²) in [6.07, 6.45) is 0.962. The Hall–Kier alpha value is -0.350. The third kappa shape index (κ3) is 2.50. The van der Waals surface area contributed by atoms with Crippen LogP contribution in [0.1, 0.15) is 22.0 Å². The predicted molar refractivity (Wildman–Crippen MR) is 81.4 cm³/mol. The monoisotopic (exact) mass is 341 g/mol. The average Bonchev–Trinajstić information content (AvgIpc) is 2.90. The first-order valence-electron chi connectivity index (χ1n) is 5.93. The quantitative estimate of drug-likeness (QED) is 0.810. The molecule has 1 nitrogen and oxygen atoms in total. The van der Waals surface area contributed by atoms with Gasteiger partial charge in [0.05, 0.1) is 9.16 Å². The number of rotatable bonds is 3. The number of fused-ring (bicyclic) bond motifs is 1. The van der Waals surface area contributed by atoms with E-state index in [1.807, 2.05) is 0 Å². The molecule has 0 aliphatic heterocycles. The number of alkyl halides is 1. The fraction of sp³-hybridized carbons (Fsp3) is 0.286. The van der Waals surface area contributed by atoms with Crippen LogP contribution >= 0.6 is 38.9 Å². The van der Waals surface area contributed by atoms with Gasteiger partial charge in [0, 0.05) is 17.5 Å². The number of halogens is 2. The first-order valence-corrected chi connectivity index (χ1v) is 7.98. The maximum Gasteiger partial charge on any atom is 0.0701 e. The Balaban J connectivity index is 1.73. The maximum absolute atomic E-state index is 6.45. The predicted octanol–water partition coefficient (Wildman–Crippen LogP) is 4.51. The van der Waals surface area contributed by atoms with E-state index in [1.54, 1.807) is 11.3 Å². The molecule has 0 saturated carbocycles. The largest absolute Gasteiger partial charge is 0.304 e. The Morgan fingerprint density at radius 3 is 2.89 bits per heavy atom. The molecule has 4 heteroatoms. The fourth-order valence-corrected chi connectivity index (χ4v) is 4.27. The molecule has 0 fully saturated rings. The van der Waals surface area contributed by atoms with Gasteiger partial charge >= 0.3 is 0 Å². The van der Waals surface area contributed by atoms with Crippen molar-refractivity contribution in [3.05, 3.63) is 56.2 Å². The van der Waals surface area contributed by atoms with Gasteiger partial charge in [-0.3, -0.25) is 0 Å². The maximum atomic E-state index is 6.45. The second-order valence-corrected chi connectivity index (χ2v) is 7.59. The van der Waals surface area contributed by atoms with E-state index in [4.69, 9.17) is 11.6 Å². The highest BCUT2D eigenvalue weighted by molar-refractivity contribution is 9.11. The van der Waals surface area contributed by atoms with Crippen molar-refractivity contribution in [2.75, 3.05) is 0 Å². The Labute approximate surface area is 124 Å². The Bertz CT molecular complexity index is 554. The highest BCUT2D eigenvalue weighted by Gasteiger charge is 2.30. The molecule has 1 heterocycles. The van der Waals surface area contributed by atoms with Gasteiger partial charge < -0.3 is 5.32 Å². The zero-order chi connectivity index (χ0) is 12.5. The summed E-state index contributed by atoms with van der Waals surface area (Å²) in [4.78, 5) is 1.33. The summed E-state index contributed by atoms with van der Waals surface area (Å²) in [5, 5.41) is 3.73. The molecular formula is C14H13BrClNS. The first-order chi connectivity index (χ1) is 8.74. The molecule has 94 valence electrons. The van der Waals surface area contributed by atoms with E-state index in [1.165, 1.54) is 19.8 Å². The molecule has 1 aromatic heterocycles. The summed E-state index contributed by atoms with van der Waals surface area (Å²) in [7, 11) is 0. The van der Waals surface area contributed by atoms with E-state index >= 15 is 0 Å². The van der Waals surface area contributed by atoms with Crippen molar-refractivity contribution in [1.29, 1.82) is 0 Å². The standard InChI is InChI=1S/C14H13BrClNS/c15-13-6-5-10(18-13)8-17-14-11-4-2-1-3-9(11)7-12(14)16/h1-6,12,14,17H,7-8H2. The Morgan fingerprint density at radius 2 is 2.11 bits per heavy atom. The van der Waals surface area contributed by atoms with Gasteiger partial charge in [-0.05, 0) is 45.6 Å². The fourth-order valence-electron chi connectivity index (χ4n) is 2.44. The molecule has 0 spiro atoms. The molecule has 1 aliphatic rings. The van der Waals surface area contributed by atoms with Gasteiger partial charge in [0.2, 0.25) is 0 Å². The third-order valence-corrected chi connectivity index (χ3v) is 5.32. The van der Waals surface area contributed by atoms with E-state index in [2.05, 4.69) is 57.6 Å². The molecule has 0 amide bonds. The van der Waals surface area contributed by atoms with Crippen molar-refractivity contribution < 1.29 is 0 Å². The molecule has 0 bridgehead atoms. The number of thiophene rings is 1. The average molecular weight is 343 g/mol. The van der Waals surface area contributed by atoms with E-state index in [9.17, 15) is 0 Å².